The summed E-state index contributed by atoms with van der Waals surface area (Å²) in [6.45, 7) is 1.13. The summed E-state index contributed by atoms with van der Waals surface area (Å²) < 4.78 is 18.9. The van der Waals surface area contributed by atoms with Gasteiger partial charge >= 0.3 is 0 Å². The smallest absolute Gasteiger partial charge is 0.251 e. The first kappa shape index (κ1) is 17.1. The second-order valence-corrected chi connectivity index (χ2v) is 6.38. The molecule has 0 saturated carbocycles. The molecule has 1 aromatic rings. The molecule has 1 aromatic carbocycles. The number of carbonyl (C=O) groups excluding carboxylic acids is 1. The van der Waals surface area contributed by atoms with Gasteiger partial charge in [-0.15, -0.1) is 0 Å². The second-order valence-electron chi connectivity index (χ2n) is 5.40. The Labute approximate surface area is 134 Å². The number of carbonyl (C=O) groups is 1. The van der Waals surface area contributed by atoms with Gasteiger partial charge in [-0.2, -0.15) is 11.8 Å². The van der Waals surface area contributed by atoms with Gasteiger partial charge in [-0.05, 0) is 30.6 Å². The summed E-state index contributed by atoms with van der Waals surface area (Å²) in [5.74, 6) is 0.775. The molecule has 1 saturated heterocycles. The fourth-order valence-electron chi connectivity index (χ4n) is 2.49. The van der Waals surface area contributed by atoms with E-state index >= 15 is 0 Å². The molecule has 0 aromatic heterocycles. The number of hydrogen-bond acceptors (Lipinski definition) is 4. The highest BCUT2D eigenvalue weighted by Crippen LogP contribution is 2.20. The molecule has 6 heteroatoms. The van der Waals surface area contributed by atoms with E-state index < -0.39 is 6.10 Å². The third-order valence-corrected chi connectivity index (χ3v) is 4.38. The summed E-state index contributed by atoms with van der Waals surface area (Å²) in [4.78, 5) is 13.8. The number of likely N-dealkylation sites (tertiary alicyclic amines) is 1. The SMILES string of the molecule is CSCCC(O)C(=O)N1CCC(Oc2cccc(F)c2)CC1. The van der Waals surface area contributed by atoms with Crippen LogP contribution in [0.3, 0.4) is 0 Å². The summed E-state index contributed by atoms with van der Waals surface area (Å²) in [5, 5.41) is 9.86. The lowest BCUT2D eigenvalue weighted by Gasteiger charge is -2.33. The zero-order chi connectivity index (χ0) is 15.9. The van der Waals surface area contributed by atoms with E-state index in [9.17, 15) is 14.3 Å². The van der Waals surface area contributed by atoms with Crippen LogP contribution in [-0.2, 0) is 4.79 Å². The number of benzene rings is 1. The monoisotopic (exact) mass is 327 g/mol. The Morgan fingerprint density at radius 1 is 1.50 bits per heavy atom. The van der Waals surface area contributed by atoms with E-state index in [1.54, 1.807) is 28.8 Å². The predicted octanol–water partition coefficient (Wildman–Crippen LogP) is 2.31. The molecule has 0 spiro atoms. The Kier molecular flexibility index (Phi) is 6.51. The Balaban J connectivity index is 1.79. The number of nitrogens with zero attached hydrogens (tertiary/aromatic N) is 1. The molecule has 1 aliphatic rings. The van der Waals surface area contributed by atoms with E-state index in [1.165, 1.54) is 12.1 Å². The van der Waals surface area contributed by atoms with Crippen molar-refractivity contribution in [2.45, 2.75) is 31.5 Å². The van der Waals surface area contributed by atoms with Gasteiger partial charge < -0.3 is 14.7 Å². The second kappa shape index (κ2) is 8.39. The molecular formula is C16H22FNO3S. The molecule has 1 atom stereocenters. The van der Waals surface area contributed by atoms with Crippen molar-refractivity contribution in [1.82, 2.24) is 4.90 Å². The number of hydrogen-bond donors (Lipinski definition) is 1. The summed E-state index contributed by atoms with van der Waals surface area (Å²) >= 11 is 1.62. The minimum absolute atomic E-state index is 0.0193. The average molecular weight is 327 g/mol. The molecule has 1 heterocycles. The van der Waals surface area contributed by atoms with Gasteiger partial charge in [0.1, 0.15) is 23.8 Å². The molecule has 22 heavy (non-hydrogen) atoms. The van der Waals surface area contributed by atoms with E-state index in [1.807, 2.05) is 6.26 Å². The van der Waals surface area contributed by atoms with Crippen LogP contribution in [0.2, 0.25) is 0 Å². The molecule has 1 amide bonds. The molecule has 0 bridgehead atoms. The van der Waals surface area contributed by atoms with Gasteiger partial charge in [-0.3, -0.25) is 4.79 Å². The number of piperidine rings is 1. The fourth-order valence-corrected chi connectivity index (χ4v) is 2.95. The van der Waals surface area contributed by atoms with Crippen LogP contribution >= 0.6 is 11.8 Å². The van der Waals surface area contributed by atoms with Gasteiger partial charge in [0.05, 0.1) is 0 Å². The molecule has 1 aliphatic heterocycles. The molecule has 2 rings (SSSR count). The van der Waals surface area contributed by atoms with Crippen LogP contribution in [0.25, 0.3) is 0 Å². The Hall–Kier alpha value is -1.27. The van der Waals surface area contributed by atoms with Gasteiger partial charge in [0, 0.05) is 32.0 Å². The number of thioether (sulfide) groups is 1. The van der Waals surface area contributed by atoms with Crippen LogP contribution in [0.1, 0.15) is 19.3 Å². The van der Waals surface area contributed by atoms with E-state index in [0.29, 0.717) is 38.1 Å². The maximum absolute atomic E-state index is 13.1. The van der Waals surface area contributed by atoms with Gasteiger partial charge in [0.2, 0.25) is 0 Å². The van der Waals surface area contributed by atoms with Crippen molar-refractivity contribution in [3.05, 3.63) is 30.1 Å². The van der Waals surface area contributed by atoms with Crippen LogP contribution in [0, 0.1) is 5.82 Å². The summed E-state index contributed by atoms with van der Waals surface area (Å²) in [5.41, 5.74) is 0. The third kappa shape index (κ3) is 4.88. The number of halogens is 1. The largest absolute Gasteiger partial charge is 0.490 e. The van der Waals surface area contributed by atoms with Crippen molar-refractivity contribution < 1.29 is 19.0 Å². The quantitative estimate of drug-likeness (QED) is 0.871. The molecular weight excluding hydrogens is 305 g/mol. The zero-order valence-corrected chi connectivity index (χ0v) is 13.5. The van der Waals surface area contributed by atoms with Crippen LogP contribution in [0.4, 0.5) is 4.39 Å². The van der Waals surface area contributed by atoms with E-state index in [0.717, 1.165) is 5.75 Å². The summed E-state index contributed by atoms with van der Waals surface area (Å²) in [6.07, 6.45) is 2.89. The maximum atomic E-state index is 13.1. The first-order valence-electron chi connectivity index (χ1n) is 7.48. The van der Waals surface area contributed by atoms with Gasteiger partial charge in [0.25, 0.3) is 5.91 Å². The Morgan fingerprint density at radius 3 is 2.86 bits per heavy atom. The average Bonchev–Trinajstić information content (AvgIpc) is 2.52. The van der Waals surface area contributed by atoms with E-state index in [2.05, 4.69) is 0 Å². The number of ether oxygens (including phenoxy) is 1. The number of rotatable bonds is 6. The van der Waals surface area contributed by atoms with Crippen LogP contribution < -0.4 is 4.74 Å². The molecule has 1 unspecified atom stereocenters. The molecule has 122 valence electrons. The van der Waals surface area contributed by atoms with Crippen molar-refractivity contribution in [3.63, 3.8) is 0 Å². The van der Waals surface area contributed by atoms with Gasteiger partial charge in [-0.25, -0.2) is 4.39 Å². The minimum atomic E-state index is -0.909. The highest BCUT2D eigenvalue weighted by Gasteiger charge is 2.27. The van der Waals surface area contributed by atoms with E-state index in [-0.39, 0.29) is 17.8 Å². The minimum Gasteiger partial charge on any atom is -0.490 e. The number of amides is 1. The Morgan fingerprint density at radius 2 is 2.23 bits per heavy atom. The lowest BCUT2D eigenvalue weighted by Crippen LogP contribution is -2.46. The Bertz CT molecular complexity index is 492. The van der Waals surface area contributed by atoms with Crippen molar-refractivity contribution in [2.75, 3.05) is 25.1 Å². The topological polar surface area (TPSA) is 49.8 Å². The third-order valence-electron chi connectivity index (χ3n) is 3.73. The first-order valence-corrected chi connectivity index (χ1v) is 8.87. The van der Waals surface area contributed by atoms with Crippen LogP contribution in [0.5, 0.6) is 5.75 Å². The molecule has 0 aliphatic carbocycles. The molecule has 1 fully saturated rings. The normalized spacial score (nSPS) is 17.3. The van der Waals surface area contributed by atoms with Gasteiger partial charge in [0.15, 0.2) is 0 Å². The van der Waals surface area contributed by atoms with Gasteiger partial charge in [-0.1, -0.05) is 6.07 Å². The summed E-state index contributed by atoms with van der Waals surface area (Å²) in [6, 6.07) is 6.09. The predicted molar refractivity (Wildman–Crippen MR) is 85.6 cm³/mol. The lowest BCUT2D eigenvalue weighted by molar-refractivity contribution is -0.142. The van der Waals surface area contributed by atoms with Crippen molar-refractivity contribution >= 4 is 17.7 Å². The summed E-state index contributed by atoms with van der Waals surface area (Å²) in [7, 11) is 0. The molecule has 1 N–H and O–H groups in total. The number of aliphatic hydroxyl groups excluding tert-OH is 1. The fraction of sp³-hybridized carbons (Fsp3) is 0.562. The highest BCUT2D eigenvalue weighted by atomic mass is 32.2. The van der Waals surface area contributed by atoms with Crippen LogP contribution in [-0.4, -0.2) is 53.2 Å². The first-order chi connectivity index (χ1) is 10.6. The molecule has 0 radical (unpaired) electrons. The highest BCUT2D eigenvalue weighted by molar-refractivity contribution is 7.98. The maximum Gasteiger partial charge on any atom is 0.251 e. The van der Waals surface area contributed by atoms with Crippen molar-refractivity contribution in [2.24, 2.45) is 0 Å². The zero-order valence-electron chi connectivity index (χ0n) is 12.7. The van der Waals surface area contributed by atoms with Crippen molar-refractivity contribution in [3.8, 4) is 5.75 Å². The van der Waals surface area contributed by atoms with Crippen molar-refractivity contribution in [1.29, 1.82) is 0 Å². The van der Waals surface area contributed by atoms with Crippen LogP contribution in [0.15, 0.2) is 24.3 Å². The standard InChI is InChI=1S/C16H22FNO3S/c1-22-10-7-15(19)16(20)18-8-5-13(6-9-18)21-14-4-2-3-12(17)11-14/h2-4,11,13,15,19H,5-10H2,1H3. The van der Waals surface area contributed by atoms with E-state index in [4.69, 9.17) is 4.74 Å². The number of aliphatic hydroxyl groups is 1. The molecule has 4 nitrogen and oxygen atoms in total. The lowest BCUT2D eigenvalue weighted by atomic mass is 10.1.